The van der Waals surface area contributed by atoms with Gasteiger partial charge in [0.05, 0.1) is 6.10 Å². The first-order chi connectivity index (χ1) is 6.68. The minimum atomic E-state index is -0.956. The van der Waals surface area contributed by atoms with Crippen molar-refractivity contribution in [2.24, 2.45) is 0 Å². The molecule has 0 saturated carbocycles. The first kappa shape index (κ1) is 9.24. The average molecular weight is 192 g/mol. The van der Waals surface area contributed by atoms with Crippen LogP contribution in [-0.2, 0) is 0 Å². The zero-order valence-electron chi connectivity index (χ0n) is 7.84. The molecule has 2 N–H and O–H groups in total. The second-order valence-corrected chi connectivity index (χ2v) is 3.37. The molecule has 0 fully saturated rings. The first-order valence-corrected chi connectivity index (χ1v) is 4.53. The number of hydrogen-bond acceptors (Lipinski definition) is 3. The smallest absolute Gasteiger partial charge is 0.137 e. The van der Waals surface area contributed by atoms with Crippen LogP contribution in [0.2, 0.25) is 0 Å². The minimum Gasteiger partial charge on any atom is -0.458 e. The Morgan fingerprint density at radius 1 is 1.21 bits per heavy atom. The van der Waals surface area contributed by atoms with Gasteiger partial charge >= 0.3 is 0 Å². The van der Waals surface area contributed by atoms with Gasteiger partial charge in [0.2, 0.25) is 0 Å². The summed E-state index contributed by atoms with van der Waals surface area (Å²) in [5.74, 6) is 0.404. The Balaban J connectivity index is 2.45. The Bertz CT molecular complexity index is 398. The highest BCUT2D eigenvalue weighted by Crippen LogP contribution is 2.25. The van der Waals surface area contributed by atoms with E-state index < -0.39 is 12.2 Å². The Morgan fingerprint density at radius 2 is 1.93 bits per heavy atom. The van der Waals surface area contributed by atoms with Gasteiger partial charge in [-0.05, 0) is 19.1 Å². The van der Waals surface area contributed by atoms with Crippen molar-refractivity contribution < 1.29 is 14.6 Å². The monoisotopic (exact) mass is 192 g/mol. The quantitative estimate of drug-likeness (QED) is 0.763. The van der Waals surface area contributed by atoms with E-state index in [0.717, 1.165) is 11.0 Å². The summed E-state index contributed by atoms with van der Waals surface area (Å²) in [4.78, 5) is 0. The fourth-order valence-corrected chi connectivity index (χ4v) is 1.39. The predicted molar refractivity (Wildman–Crippen MR) is 52.9 cm³/mol. The molecule has 0 saturated heterocycles. The summed E-state index contributed by atoms with van der Waals surface area (Å²) in [5, 5.41) is 19.7. The lowest BCUT2D eigenvalue weighted by molar-refractivity contribution is 0.0178. The number of furan rings is 1. The summed E-state index contributed by atoms with van der Waals surface area (Å²) in [6.45, 7) is 1.53. The van der Waals surface area contributed by atoms with Crippen LogP contribution in [-0.4, -0.2) is 16.3 Å². The van der Waals surface area contributed by atoms with Crippen molar-refractivity contribution in [1.82, 2.24) is 0 Å². The molecule has 1 heterocycles. The Morgan fingerprint density at radius 3 is 2.57 bits per heavy atom. The van der Waals surface area contributed by atoms with Gasteiger partial charge in [-0.2, -0.15) is 0 Å². The summed E-state index contributed by atoms with van der Waals surface area (Å²) in [7, 11) is 0. The molecular weight excluding hydrogens is 180 g/mol. The van der Waals surface area contributed by atoms with Crippen molar-refractivity contribution in [1.29, 1.82) is 0 Å². The molecule has 0 amide bonds. The lowest BCUT2D eigenvalue weighted by atomic mass is 10.1. The second kappa shape index (κ2) is 3.44. The SMILES string of the molecule is CC(O)C(O)c1cc2ccccc2o1. The molecule has 2 atom stereocenters. The largest absolute Gasteiger partial charge is 0.458 e. The topological polar surface area (TPSA) is 53.6 Å². The molecule has 0 aliphatic carbocycles. The summed E-state index contributed by atoms with van der Waals surface area (Å²) in [5.41, 5.74) is 0.724. The van der Waals surface area contributed by atoms with E-state index in [1.165, 1.54) is 6.92 Å². The predicted octanol–water partition coefficient (Wildman–Crippen LogP) is 1.85. The molecule has 0 spiro atoms. The van der Waals surface area contributed by atoms with Gasteiger partial charge < -0.3 is 14.6 Å². The summed E-state index contributed by atoms with van der Waals surface area (Å²) in [6.07, 6.45) is -1.78. The zero-order valence-corrected chi connectivity index (χ0v) is 7.84. The van der Waals surface area contributed by atoms with Gasteiger partial charge in [-0.15, -0.1) is 0 Å². The van der Waals surface area contributed by atoms with Crippen molar-refractivity contribution in [3.05, 3.63) is 36.1 Å². The minimum absolute atomic E-state index is 0.404. The molecule has 74 valence electrons. The maximum absolute atomic E-state index is 9.56. The summed E-state index contributed by atoms with van der Waals surface area (Å²) in [6, 6.07) is 9.23. The van der Waals surface area contributed by atoms with Gasteiger partial charge in [0, 0.05) is 5.39 Å². The third-order valence-electron chi connectivity index (χ3n) is 2.19. The highest BCUT2D eigenvalue weighted by atomic mass is 16.4. The van der Waals surface area contributed by atoms with Crippen molar-refractivity contribution >= 4 is 11.0 Å². The van der Waals surface area contributed by atoms with Crippen LogP contribution in [0.15, 0.2) is 34.7 Å². The van der Waals surface area contributed by atoms with E-state index in [1.807, 2.05) is 24.3 Å². The highest BCUT2D eigenvalue weighted by molar-refractivity contribution is 5.77. The number of benzene rings is 1. The molecule has 3 nitrogen and oxygen atoms in total. The number of aliphatic hydroxyl groups is 2. The molecular formula is C11H12O3. The number of rotatable bonds is 2. The van der Waals surface area contributed by atoms with Crippen LogP contribution in [0.1, 0.15) is 18.8 Å². The lowest BCUT2D eigenvalue weighted by Crippen LogP contribution is -2.12. The van der Waals surface area contributed by atoms with E-state index in [4.69, 9.17) is 4.42 Å². The van der Waals surface area contributed by atoms with E-state index in [1.54, 1.807) is 6.07 Å². The van der Waals surface area contributed by atoms with Gasteiger partial charge in [0.25, 0.3) is 0 Å². The van der Waals surface area contributed by atoms with Crippen LogP contribution in [0.5, 0.6) is 0 Å². The number of para-hydroxylation sites is 1. The van der Waals surface area contributed by atoms with E-state index in [0.29, 0.717) is 5.76 Å². The van der Waals surface area contributed by atoms with Gasteiger partial charge in [0.1, 0.15) is 17.4 Å². The molecule has 0 radical (unpaired) electrons. The molecule has 0 bridgehead atoms. The third-order valence-corrected chi connectivity index (χ3v) is 2.19. The summed E-state index contributed by atoms with van der Waals surface area (Å²) >= 11 is 0. The number of fused-ring (bicyclic) bond motifs is 1. The molecule has 2 aromatic rings. The van der Waals surface area contributed by atoms with E-state index in [2.05, 4.69) is 0 Å². The molecule has 14 heavy (non-hydrogen) atoms. The Kier molecular flexibility index (Phi) is 2.27. The summed E-state index contributed by atoms with van der Waals surface area (Å²) < 4.78 is 5.38. The molecule has 2 unspecified atom stereocenters. The fourth-order valence-electron chi connectivity index (χ4n) is 1.39. The molecule has 0 aliphatic heterocycles. The Labute approximate surface area is 81.6 Å². The zero-order chi connectivity index (χ0) is 10.1. The molecule has 0 aliphatic rings. The third kappa shape index (κ3) is 1.52. The van der Waals surface area contributed by atoms with Crippen LogP contribution in [0.3, 0.4) is 0 Å². The fraction of sp³-hybridized carbons (Fsp3) is 0.273. The van der Waals surface area contributed by atoms with Crippen LogP contribution >= 0.6 is 0 Å². The van der Waals surface area contributed by atoms with Crippen molar-refractivity contribution in [3.63, 3.8) is 0 Å². The van der Waals surface area contributed by atoms with E-state index in [9.17, 15) is 10.2 Å². The maximum Gasteiger partial charge on any atom is 0.137 e. The second-order valence-electron chi connectivity index (χ2n) is 3.37. The Hall–Kier alpha value is -1.32. The van der Waals surface area contributed by atoms with Gasteiger partial charge in [-0.1, -0.05) is 18.2 Å². The van der Waals surface area contributed by atoms with E-state index in [-0.39, 0.29) is 0 Å². The lowest BCUT2D eigenvalue weighted by Gasteiger charge is -2.09. The van der Waals surface area contributed by atoms with Crippen molar-refractivity contribution in [3.8, 4) is 0 Å². The number of aliphatic hydroxyl groups excluding tert-OH is 2. The van der Waals surface area contributed by atoms with Crippen LogP contribution in [0, 0.1) is 0 Å². The van der Waals surface area contributed by atoms with Gasteiger partial charge in [-0.25, -0.2) is 0 Å². The van der Waals surface area contributed by atoms with E-state index >= 15 is 0 Å². The standard InChI is InChI=1S/C11H12O3/c1-7(12)11(13)10-6-8-4-2-3-5-9(8)14-10/h2-7,11-13H,1H3. The van der Waals surface area contributed by atoms with Crippen molar-refractivity contribution in [2.45, 2.75) is 19.1 Å². The highest BCUT2D eigenvalue weighted by Gasteiger charge is 2.17. The normalized spacial score (nSPS) is 15.6. The van der Waals surface area contributed by atoms with Crippen molar-refractivity contribution in [2.75, 3.05) is 0 Å². The molecule has 1 aromatic heterocycles. The average Bonchev–Trinajstić information content (AvgIpc) is 2.59. The maximum atomic E-state index is 9.56. The van der Waals surface area contributed by atoms with Crippen LogP contribution < -0.4 is 0 Å². The van der Waals surface area contributed by atoms with Gasteiger partial charge in [-0.3, -0.25) is 0 Å². The van der Waals surface area contributed by atoms with Crippen LogP contribution in [0.4, 0.5) is 0 Å². The molecule has 1 aromatic carbocycles. The molecule has 3 heteroatoms. The van der Waals surface area contributed by atoms with Crippen LogP contribution in [0.25, 0.3) is 11.0 Å². The first-order valence-electron chi connectivity index (χ1n) is 4.53. The number of hydrogen-bond donors (Lipinski definition) is 2. The molecule has 2 rings (SSSR count). The van der Waals surface area contributed by atoms with Gasteiger partial charge in [0.15, 0.2) is 0 Å².